The second-order valence-corrected chi connectivity index (χ2v) is 12.5. The van der Waals surface area contributed by atoms with Crippen LogP contribution in [-0.2, 0) is 26.0 Å². The van der Waals surface area contributed by atoms with Crippen LogP contribution in [0.1, 0.15) is 39.7 Å². The van der Waals surface area contributed by atoms with Crippen LogP contribution in [0.3, 0.4) is 0 Å². The van der Waals surface area contributed by atoms with Gasteiger partial charge in [0, 0.05) is 13.1 Å². The van der Waals surface area contributed by atoms with Gasteiger partial charge in [0.1, 0.15) is 17.7 Å². The number of rotatable bonds is 16. The van der Waals surface area contributed by atoms with E-state index in [1.807, 2.05) is 58.0 Å². The maximum Gasteiger partial charge on any atom is 0.243 e. The zero-order chi connectivity index (χ0) is 29.9. The highest BCUT2D eigenvalue weighted by atomic mass is 35.5. The van der Waals surface area contributed by atoms with Gasteiger partial charge in [0.05, 0.1) is 24.2 Å². The molecular weight excluding hydrogens is 554 g/mol. The second kappa shape index (κ2) is 16.0. The van der Waals surface area contributed by atoms with Gasteiger partial charge < -0.3 is 20.5 Å². The monoisotopic (exact) mass is 595 g/mol. The number of carbonyl (C=O) groups is 2. The molecule has 11 heteroatoms. The molecule has 0 aliphatic rings. The van der Waals surface area contributed by atoms with E-state index < -0.39 is 40.0 Å². The molecule has 0 saturated heterocycles. The third-order valence-corrected chi connectivity index (χ3v) is 8.77. The zero-order valence-electron chi connectivity index (χ0n) is 23.8. The minimum Gasteiger partial charge on any atom is -0.497 e. The number of ether oxygens (including phenoxy) is 1. The van der Waals surface area contributed by atoms with E-state index in [1.54, 1.807) is 12.1 Å². The highest BCUT2D eigenvalue weighted by molar-refractivity contribution is 7.89. The number of carbonyl (C=O) groups excluding carboxylic acids is 2. The molecule has 3 N–H and O–H groups in total. The maximum absolute atomic E-state index is 13.6. The fourth-order valence-electron chi connectivity index (χ4n) is 4.25. The minimum atomic E-state index is -3.97. The molecule has 0 bridgehead atoms. The fraction of sp³-hybridized carbons (Fsp3) is 0.517. The SMILES string of the molecule is CCC(C)[C@H](NC(=O)CCl)C(=O)N[C@@H](Cc1ccccc1)C(O)CN(CC(C)C)S(=O)(=O)c1ccc(OC)cc1. The van der Waals surface area contributed by atoms with Crippen LogP contribution in [-0.4, -0.2) is 73.9 Å². The summed E-state index contributed by atoms with van der Waals surface area (Å²) in [7, 11) is -2.47. The van der Waals surface area contributed by atoms with Crippen LogP contribution < -0.4 is 15.4 Å². The number of aliphatic hydroxyl groups excluding tert-OH is 1. The van der Waals surface area contributed by atoms with Gasteiger partial charge in [-0.05, 0) is 48.1 Å². The number of sulfonamides is 1. The van der Waals surface area contributed by atoms with Crippen LogP contribution >= 0.6 is 11.6 Å². The van der Waals surface area contributed by atoms with E-state index >= 15 is 0 Å². The average molecular weight is 596 g/mol. The van der Waals surface area contributed by atoms with Gasteiger partial charge in [0.2, 0.25) is 21.8 Å². The second-order valence-electron chi connectivity index (χ2n) is 10.3. The summed E-state index contributed by atoms with van der Waals surface area (Å²) in [5.41, 5.74) is 0.852. The summed E-state index contributed by atoms with van der Waals surface area (Å²) in [5.74, 6) is -0.934. The molecule has 0 saturated carbocycles. The summed E-state index contributed by atoms with van der Waals surface area (Å²) >= 11 is 5.67. The fourth-order valence-corrected chi connectivity index (χ4v) is 5.95. The summed E-state index contributed by atoms with van der Waals surface area (Å²) < 4.78 is 33.6. The van der Waals surface area contributed by atoms with Gasteiger partial charge in [-0.25, -0.2) is 8.42 Å². The Balaban J connectivity index is 2.38. The third-order valence-electron chi connectivity index (χ3n) is 6.68. The van der Waals surface area contributed by atoms with E-state index in [-0.39, 0.29) is 42.1 Å². The van der Waals surface area contributed by atoms with Crippen LogP contribution in [0, 0.1) is 11.8 Å². The van der Waals surface area contributed by atoms with Gasteiger partial charge in [0.15, 0.2) is 0 Å². The first kappa shape index (κ1) is 33.5. The Hall–Kier alpha value is -2.66. The molecular formula is C29H42ClN3O6S. The number of methoxy groups -OCH3 is 1. The molecule has 0 aromatic heterocycles. The number of hydrogen-bond donors (Lipinski definition) is 3. The normalized spacial score (nSPS) is 14.8. The predicted molar refractivity (Wildman–Crippen MR) is 157 cm³/mol. The lowest BCUT2D eigenvalue weighted by Gasteiger charge is -2.32. The van der Waals surface area contributed by atoms with Gasteiger partial charge in [0.25, 0.3) is 0 Å². The molecule has 2 unspecified atom stereocenters. The third kappa shape index (κ3) is 9.76. The Morgan fingerprint density at radius 1 is 1.00 bits per heavy atom. The van der Waals surface area contributed by atoms with Crippen LogP contribution in [0.2, 0.25) is 0 Å². The van der Waals surface area contributed by atoms with Crippen molar-refractivity contribution in [2.24, 2.45) is 11.8 Å². The molecule has 40 heavy (non-hydrogen) atoms. The summed E-state index contributed by atoms with van der Waals surface area (Å²) in [6.07, 6.45) is -0.380. The summed E-state index contributed by atoms with van der Waals surface area (Å²) in [6.45, 7) is 7.45. The van der Waals surface area contributed by atoms with Crippen molar-refractivity contribution in [3.63, 3.8) is 0 Å². The van der Waals surface area contributed by atoms with Crippen molar-refractivity contribution in [3.05, 3.63) is 60.2 Å². The molecule has 0 radical (unpaired) electrons. The number of nitrogens with zero attached hydrogens (tertiary/aromatic N) is 1. The largest absolute Gasteiger partial charge is 0.497 e. The molecule has 0 aliphatic carbocycles. The Labute approximate surface area is 243 Å². The van der Waals surface area contributed by atoms with Crippen molar-refractivity contribution in [1.82, 2.24) is 14.9 Å². The number of alkyl halides is 1. The number of hydrogen-bond acceptors (Lipinski definition) is 6. The van der Waals surface area contributed by atoms with Crippen LogP contribution in [0.15, 0.2) is 59.5 Å². The molecule has 2 aromatic rings. The highest BCUT2D eigenvalue weighted by Crippen LogP contribution is 2.22. The van der Waals surface area contributed by atoms with Crippen molar-refractivity contribution < 1.29 is 27.9 Å². The Morgan fingerprint density at radius 2 is 1.62 bits per heavy atom. The van der Waals surface area contributed by atoms with Crippen molar-refractivity contribution in [2.45, 2.75) is 63.6 Å². The molecule has 222 valence electrons. The predicted octanol–water partition coefficient (Wildman–Crippen LogP) is 3.20. The first-order chi connectivity index (χ1) is 18.9. The summed E-state index contributed by atoms with van der Waals surface area (Å²) in [5, 5.41) is 17.0. The molecule has 2 amide bonds. The Bertz CT molecular complexity index is 1180. The van der Waals surface area contributed by atoms with Gasteiger partial charge in [-0.1, -0.05) is 64.4 Å². The van der Waals surface area contributed by atoms with E-state index in [9.17, 15) is 23.1 Å². The van der Waals surface area contributed by atoms with Crippen LogP contribution in [0.4, 0.5) is 0 Å². The number of aliphatic hydroxyl groups is 1. The van der Waals surface area contributed by atoms with E-state index in [0.717, 1.165) is 5.56 Å². The Morgan fingerprint density at radius 3 is 2.15 bits per heavy atom. The molecule has 2 rings (SSSR count). The van der Waals surface area contributed by atoms with E-state index in [1.165, 1.54) is 23.5 Å². The number of amides is 2. The quantitative estimate of drug-likeness (QED) is 0.256. The standard InChI is InChI=1S/C29H42ClN3O6S/c1-6-21(4)28(32-27(35)17-30)29(36)31-25(16-22-10-8-7-9-11-22)26(34)19-33(18-20(2)3)40(37,38)24-14-12-23(39-5)13-15-24/h7-15,20-21,25-26,28,34H,6,16-19H2,1-5H3,(H,31,36)(H,32,35)/t21?,25-,26?,28-/m0/s1. The number of benzene rings is 2. The van der Waals surface area contributed by atoms with Crippen LogP contribution in [0.5, 0.6) is 5.75 Å². The lowest BCUT2D eigenvalue weighted by molar-refractivity contribution is -0.130. The lowest BCUT2D eigenvalue weighted by atomic mass is 9.96. The van der Waals surface area contributed by atoms with Gasteiger partial charge in [-0.3, -0.25) is 9.59 Å². The average Bonchev–Trinajstić information content (AvgIpc) is 2.94. The first-order valence-corrected chi connectivity index (χ1v) is 15.4. The van der Waals surface area contributed by atoms with Crippen LogP contribution in [0.25, 0.3) is 0 Å². The molecule has 4 atom stereocenters. The van der Waals surface area contributed by atoms with Gasteiger partial charge in [-0.15, -0.1) is 11.6 Å². The maximum atomic E-state index is 13.6. The number of nitrogens with one attached hydrogen (secondary N) is 2. The highest BCUT2D eigenvalue weighted by Gasteiger charge is 2.33. The molecule has 0 aliphatic heterocycles. The van der Waals surface area contributed by atoms with Gasteiger partial charge >= 0.3 is 0 Å². The van der Waals surface area contributed by atoms with Gasteiger partial charge in [-0.2, -0.15) is 4.31 Å². The minimum absolute atomic E-state index is 0.0251. The first-order valence-electron chi connectivity index (χ1n) is 13.4. The van der Waals surface area contributed by atoms with E-state index in [4.69, 9.17) is 16.3 Å². The topological polar surface area (TPSA) is 125 Å². The molecule has 0 spiro atoms. The van der Waals surface area contributed by atoms with E-state index in [0.29, 0.717) is 12.2 Å². The summed E-state index contributed by atoms with van der Waals surface area (Å²) in [4.78, 5) is 25.5. The van der Waals surface area contributed by atoms with Crippen molar-refractivity contribution >= 4 is 33.4 Å². The Kier molecular flexibility index (Phi) is 13.4. The van der Waals surface area contributed by atoms with Crippen molar-refractivity contribution in [3.8, 4) is 5.75 Å². The van der Waals surface area contributed by atoms with E-state index in [2.05, 4.69) is 10.6 Å². The smallest absolute Gasteiger partial charge is 0.243 e. The summed E-state index contributed by atoms with van der Waals surface area (Å²) in [6, 6.07) is 13.7. The van der Waals surface area contributed by atoms with Crippen molar-refractivity contribution in [1.29, 1.82) is 0 Å². The molecule has 0 heterocycles. The lowest BCUT2D eigenvalue weighted by Crippen LogP contribution is -2.57. The molecule has 0 fully saturated rings. The zero-order valence-corrected chi connectivity index (χ0v) is 25.4. The molecule has 9 nitrogen and oxygen atoms in total. The number of halogens is 1. The molecule has 2 aromatic carbocycles. The van der Waals surface area contributed by atoms with Crippen molar-refractivity contribution in [2.75, 3.05) is 26.1 Å².